The van der Waals surface area contributed by atoms with Gasteiger partial charge in [-0.05, 0) is 52.0 Å². The zero-order chi connectivity index (χ0) is 15.6. The first kappa shape index (κ1) is 16.0. The third kappa shape index (κ3) is 3.83. The number of hydrogen-bond acceptors (Lipinski definition) is 4. The molecule has 1 aromatic carbocycles. The Hall–Kier alpha value is -1.39. The SMILES string of the molecule is COc1ccc(C(=O)C(C)N2CC(C)OC(C)(C)C2)cc1. The molecule has 1 aliphatic rings. The first-order valence-electron chi connectivity index (χ1n) is 7.42. The highest BCUT2D eigenvalue weighted by Crippen LogP contribution is 2.24. The summed E-state index contributed by atoms with van der Waals surface area (Å²) in [6.45, 7) is 9.71. The Morgan fingerprint density at radius 1 is 1.38 bits per heavy atom. The third-order valence-corrected chi connectivity index (χ3v) is 3.90. The molecule has 4 heteroatoms. The second kappa shape index (κ2) is 6.16. The average molecular weight is 291 g/mol. The van der Waals surface area contributed by atoms with E-state index in [0.29, 0.717) is 0 Å². The van der Waals surface area contributed by atoms with E-state index in [1.165, 1.54) is 0 Å². The van der Waals surface area contributed by atoms with Crippen LogP contribution < -0.4 is 4.74 Å². The van der Waals surface area contributed by atoms with E-state index in [0.717, 1.165) is 24.4 Å². The molecule has 21 heavy (non-hydrogen) atoms. The van der Waals surface area contributed by atoms with Crippen LogP contribution in [0.2, 0.25) is 0 Å². The molecule has 116 valence electrons. The van der Waals surface area contributed by atoms with E-state index in [-0.39, 0.29) is 23.5 Å². The minimum absolute atomic E-state index is 0.139. The predicted molar refractivity (Wildman–Crippen MR) is 83.0 cm³/mol. The van der Waals surface area contributed by atoms with Crippen molar-refractivity contribution in [3.8, 4) is 5.75 Å². The molecule has 0 radical (unpaired) electrons. The maximum Gasteiger partial charge on any atom is 0.179 e. The van der Waals surface area contributed by atoms with Crippen molar-refractivity contribution in [3.63, 3.8) is 0 Å². The minimum atomic E-state index is -0.216. The Morgan fingerprint density at radius 3 is 2.52 bits per heavy atom. The second-order valence-electron chi connectivity index (χ2n) is 6.39. The summed E-state index contributed by atoms with van der Waals surface area (Å²) in [7, 11) is 1.62. The van der Waals surface area contributed by atoms with Crippen LogP contribution in [-0.2, 0) is 4.74 Å². The molecule has 0 aliphatic carbocycles. The zero-order valence-corrected chi connectivity index (χ0v) is 13.6. The normalized spacial score (nSPS) is 23.6. The fraction of sp³-hybridized carbons (Fsp3) is 0.588. The van der Waals surface area contributed by atoms with E-state index in [1.807, 2.05) is 31.2 Å². The first-order valence-corrected chi connectivity index (χ1v) is 7.42. The lowest BCUT2D eigenvalue weighted by Crippen LogP contribution is -2.56. The predicted octanol–water partition coefficient (Wildman–Crippen LogP) is 2.77. The summed E-state index contributed by atoms with van der Waals surface area (Å²) in [5.74, 6) is 0.905. The van der Waals surface area contributed by atoms with Crippen LogP contribution in [0.4, 0.5) is 0 Å². The summed E-state index contributed by atoms with van der Waals surface area (Å²) in [6, 6.07) is 7.15. The maximum atomic E-state index is 12.6. The maximum absolute atomic E-state index is 12.6. The van der Waals surface area contributed by atoms with Crippen LogP contribution in [0.3, 0.4) is 0 Å². The van der Waals surface area contributed by atoms with Crippen molar-refractivity contribution in [2.24, 2.45) is 0 Å². The summed E-state index contributed by atoms with van der Waals surface area (Å²) < 4.78 is 11.0. The van der Waals surface area contributed by atoms with Crippen molar-refractivity contribution in [1.29, 1.82) is 0 Å². The van der Waals surface area contributed by atoms with Crippen LogP contribution in [-0.4, -0.2) is 48.6 Å². The van der Waals surface area contributed by atoms with Gasteiger partial charge in [-0.15, -0.1) is 0 Å². The molecule has 2 unspecified atom stereocenters. The molecule has 0 spiro atoms. The van der Waals surface area contributed by atoms with Crippen molar-refractivity contribution in [2.75, 3.05) is 20.2 Å². The lowest BCUT2D eigenvalue weighted by atomic mass is 9.99. The lowest BCUT2D eigenvalue weighted by molar-refractivity contribution is -0.133. The van der Waals surface area contributed by atoms with Crippen molar-refractivity contribution >= 4 is 5.78 Å². The molecule has 1 aliphatic heterocycles. The molecule has 2 rings (SSSR count). The van der Waals surface area contributed by atoms with Gasteiger partial charge in [-0.1, -0.05) is 0 Å². The molecule has 2 atom stereocenters. The van der Waals surface area contributed by atoms with E-state index in [1.54, 1.807) is 7.11 Å². The summed E-state index contributed by atoms with van der Waals surface area (Å²) in [5, 5.41) is 0. The molecule has 4 nitrogen and oxygen atoms in total. The van der Waals surface area contributed by atoms with Gasteiger partial charge in [-0.2, -0.15) is 0 Å². The third-order valence-electron chi connectivity index (χ3n) is 3.90. The fourth-order valence-electron chi connectivity index (χ4n) is 2.96. The largest absolute Gasteiger partial charge is 0.497 e. The Morgan fingerprint density at radius 2 is 2.00 bits per heavy atom. The summed E-state index contributed by atoms with van der Waals surface area (Å²) in [6.07, 6.45) is 0.139. The Kier molecular flexibility index (Phi) is 4.69. The average Bonchev–Trinajstić information content (AvgIpc) is 2.43. The van der Waals surface area contributed by atoms with Crippen LogP contribution in [0.15, 0.2) is 24.3 Å². The molecule has 1 heterocycles. The smallest absolute Gasteiger partial charge is 0.179 e. The highest BCUT2D eigenvalue weighted by molar-refractivity contribution is 5.99. The van der Waals surface area contributed by atoms with E-state index >= 15 is 0 Å². The highest BCUT2D eigenvalue weighted by Gasteiger charge is 2.35. The van der Waals surface area contributed by atoms with Gasteiger partial charge in [0, 0.05) is 18.7 Å². The van der Waals surface area contributed by atoms with Gasteiger partial charge >= 0.3 is 0 Å². The Bertz CT molecular complexity index is 495. The second-order valence-corrected chi connectivity index (χ2v) is 6.39. The molecule has 1 aromatic rings. The van der Waals surface area contributed by atoms with Gasteiger partial charge in [0.1, 0.15) is 5.75 Å². The standard InChI is InChI=1S/C17H25NO3/c1-12-10-18(11-17(3,4)21-12)13(2)16(19)14-6-8-15(20-5)9-7-14/h6-9,12-13H,10-11H2,1-5H3. The van der Waals surface area contributed by atoms with Gasteiger partial charge < -0.3 is 9.47 Å². The van der Waals surface area contributed by atoms with Gasteiger partial charge in [-0.3, -0.25) is 9.69 Å². The van der Waals surface area contributed by atoms with Crippen LogP contribution in [0.25, 0.3) is 0 Å². The quantitative estimate of drug-likeness (QED) is 0.800. The van der Waals surface area contributed by atoms with Gasteiger partial charge in [0.15, 0.2) is 5.78 Å². The topological polar surface area (TPSA) is 38.8 Å². The number of benzene rings is 1. The van der Waals surface area contributed by atoms with Gasteiger partial charge in [0.05, 0.1) is 24.9 Å². The van der Waals surface area contributed by atoms with Gasteiger partial charge in [0.25, 0.3) is 0 Å². The number of morpholine rings is 1. The first-order chi connectivity index (χ1) is 9.82. The van der Waals surface area contributed by atoms with Crippen molar-refractivity contribution in [1.82, 2.24) is 4.90 Å². The number of ketones is 1. The van der Waals surface area contributed by atoms with Crippen molar-refractivity contribution in [2.45, 2.75) is 45.4 Å². The minimum Gasteiger partial charge on any atom is -0.497 e. The zero-order valence-electron chi connectivity index (χ0n) is 13.6. The van der Waals surface area contributed by atoms with E-state index in [2.05, 4.69) is 25.7 Å². The molecule has 1 saturated heterocycles. The van der Waals surface area contributed by atoms with E-state index in [9.17, 15) is 4.79 Å². The molecule has 0 aromatic heterocycles. The van der Waals surface area contributed by atoms with Crippen LogP contribution >= 0.6 is 0 Å². The molecule has 0 N–H and O–H groups in total. The van der Waals surface area contributed by atoms with E-state index in [4.69, 9.17) is 9.47 Å². The number of carbonyl (C=O) groups is 1. The Balaban J connectivity index is 2.10. The van der Waals surface area contributed by atoms with Crippen LogP contribution in [0.1, 0.15) is 38.1 Å². The van der Waals surface area contributed by atoms with Crippen LogP contribution in [0, 0.1) is 0 Å². The summed E-state index contributed by atoms with van der Waals surface area (Å²) >= 11 is 0. The summed E-state index contributed by atoms with van der Waals surface area (Å²) in [4.78, 5) is 14.8. The van der Waals surface area contributed by atoms with Gasteiger partial charge in [-0.25, -0.2) is 0 Å². The number of methoxy groups -OCH3 is 1. The molecule has 0 saturated carbocycles. The Labute approximate surface area is 127 Å². The van der Waals surface area contributed by atoms with E-state index < -0.39 is 0 Å². The fourth-order valence-corrected chi connectivity index (χ4v) is 2.96. The molecule has 0 bridgehead atoms. The number of ether oxygens (including phenoxy) is 2. The molecular weight excluding hydrogens is 266 g/mol. The molecule has 0 amide bonds. The number of rotatable bonds is 4. The summed E-state index contributed by atoms with van der Waals surface area (Å²) in [5.41, 5.74) is 0.506. The van der Waals surface area contributed by atoms with Crippen LogP contribution in [0.5, 0.6) is 5.75 Å². The van der Waals surface area contributed by atoms with Gasteiger partial charge in [0.2, 0.25) is 0 Å². The number of Topliss-reactive ketones (excluding diaryl/α,β-unsaturated/α-hetero) is 1. The van der Waals surface area contributed by atoms with Crippen molar-refractivity contribution in [3.05, 3.63) is 29.8 Å². The number of hydrogen-bond donors (Lipinski definition) is 0. The number of carbonyl (C=O) groups excluding carboxylic acids is 1. The highest BCUT2D eigenvalue weighted by atomic mass is 16.5. The molecular formula is C17H25NO3. The number of nitrogens with zero attached hydrogens (tertiary/aromatic N) is 1. The van der Waals surface area contributed by atoms with Crippen molar-refractivity contribution < 1.29 is 14.3 Å². The molecule has 1 fully saturated rings. The lowest BCUT2D eigenvalue weighted by Gasteiger charge is -2.43. The monoisotopic (exact) mass is 291 g/mol.